The van der Waals surface area contributed by atoms with E-state index in [0.717, 1.165) is 17.8 Å². The van der Waals surface area contributed by atoms with Crippen LogP contribution in [0.5, 0.6) is 11.5 Å². The van der Waals surface area contributed by atoms with Gasteiger partial charge in [-0.1, -0.05) is 0 Å². The fourth-order valence-electron chi connectivity index (χ4n) is 6.17. The predicted molar refractivity (Wildman–Crippen MR) is 109 cm³/mol. The molecule has 0 radical (unpaired) electrons. The topological polar surface area (TPSA) is 82.5 Å². The van der Waals surface area contributed by atoms with Crippen LogP contribution in [0.15, 0.2) is 35.4 Å². The van der Waals surface area contributed by atoms with Crippen LogP contribution in [0.2, 0.25) is 0 Å². The summed E-state index contributed by atoms with van der Waals surface area (Å²) in [6, 6.07) is 6.30. The molecule has 1 aromatic heterocycles. The van der Waals surface area contributed by atoms with Crippen LogP contribution in [0.1, 0.15) is 38.5 Å². The van der Waals surface area contributed by atoms with Crippen molar-refractivity contribution < 1.29 is 17.9 Å². The van der Waals surface area contributed by atoms with Crippen LogP contribution in [0.4, 0.5) is 5.82 Å². The third-order valence-corrected chi connectivity index (χ3v) is 8.34. The van der Waals surface area contributed by atoms with Crippen molar-refractivity contribution in [1.29, 1.82) is 0 Å². The molecule has 6 rings (SSSR count). The number of aromatic nitrogens is 2. The van der Waals surface area contributed by atoms with Crippen molar-refractivity contribution in [2.45, 2.75) is 49.0 Å². The van der Waals surface area contributed by atoms with Crippen molar-refractivity contribution in [2.24, 2.45) is 17.8 Å². The number of nitrogens with zero attached hydrogens (tertiary/aromatic N) is 2. The smallest absolute Gasteiger partial charge is 0.263 e. The minimum absolute atomic E-state index is 0.0712. The van der Waals surface area contributed by atoms with Crippen LogP contribution in [0, 0.1) is 17.8 Å². The maximum absolute atomic E-state index is 12.9. The number of hydrogen-bond acceptors (Lipinski definition) is 5. The molecule has 29 heavy (non-hydrogen) atoms. The molecule has 4 aliphatic rings. The zero-order valence-electron chi connectivity index (χ0n) is 16.8. The van der Waals surface area contributed by atoms with E-state index in [1.165, 1.54) is 64.9 Å². The molecule has 1 N–H and O–H groups in total. The molecular formula is C21H27N3O4S. The van der Waals surface area contributed by atoms with Gasteiger partial charge in [0, 0.05) is 18.3 Å². The summed E-state index contributed by atoms with van der Waals surface area (Å²) in [5, 5.41) is 4.66. The lowest BCUT2D eigenvalue weighted by Crippen LogP contribution is -2.52. The van der Waals surface area contributed by atoms with E-state index in [4.69, 9.17) is 9.47 Å². The van der Waals surface area contributed by atoms with Crippen molar-refractivity contribution in [1.82, 2.24) is 9.78 Å². The molecule has 156 valence electrons. The normalized spacial score (nSPS) is 30.3. The van der Waals surface area contributed by atoms with Gasteiger partial charge in [-0.15, -0.1) is 0 Å². The summed E-state index contributed by atoms with van der Waals surface area (Å²) in [5.41, 5.74) is 0.0712. The summed E-state index contributed by atoms with van der Waals surface area (Å²) in [6.07, 6.45) is 9.53. The Kier molecular flexibility index (Phi) is 4.31. The maximum Gasteiger partial charge on any atom is 0.263 e. The third kappa shape index (κ3) is 3.17. The Bertz CT molecular complexity index is 995. The number of ether oxygens (including phenoxy) is 2. The summed E-state index contributed by atoms with van der Waals surface area (Å²) in [7, 11) is -0.779. The Hall–Kier alpha value is -2.22. The van der Waals surface area contributed by atoms with Crippen LogP contribution >= 0.6 is 0 Å². The average Bonchev–Trinajstić information content (AvgIpc) is 3.15. The highest BCUT2D eigenvalue weighted by atomic mass is 32.2. The Morgan fingerprint density at radius 3 is 2.21 bits per heavy atom. The molecule has 0 amide bonds. The fourth-order valence-corrected chi connectivity index (χ4v) is 7.18. The lowest BCUT2D eigenvalue weighted by molar-refractivity contribution is -0.0492. The number of anilines is 1. The molecule has 0 spiro atoms. The van der Waals surface area contributed by atoms with Crippen molar-refractivity contribution >= 4 is 15.8 Å². The fraction of sp³-hybridized carbons (Fsp3) is 0.571. The molecule has 1 heterocycles. The van der Waals surface area contributed by atoms with Gasteiger partial charge in [0.15, 0.2) is 17.3 Å². The van der Waals surface area contributed by atoms with Crippen LogP contribution in [-0.2, 0) is 15.6 Å². The molecule has 4 bridgehead atoms. The number of benzene rings is 1. The summed E-state index contributed by atoms with van der Waals surface area (Å²) >= 11 is 0. The van der Waals surface area contributed by atoms with Crippen LogP contribution in [-0.4, -0.2) is 32.4 Å². The van der Waals surface area contributed by atoms with Crippen molar-refractivity contribution in [3.05, 3.63) is 30.5 Å². The quantitative estimate of drug-likeness (QED) is 0.776. The minimum Gasteiger partial charge on any atom is -0.493 e. The van der Waals surface area contributed by atoms with Gasteiger partial charge in [-0.05, 0) is 68.4 Å². The number of methoxy groups -OCH3 is 2. The van der Waals surface area contributed by atoms with Gasteiger partial charge < -0.3 is 9.47 Å². The van der Waals surface area contributed by atoms with Crippen LogP contribution in [0.3, 0.4) is 0 Å². The van der Waals surface area contributed by atoms with Gasteiger partial charge in [0.2, 0.25) is 0 Å². The van der Waals surface area contributed by atoms with Gasteiger partial charge in [-0.2, -0.15) is 5.10 Å². The van der Waals surface area contributed by atoms with Gasteiger partial charge in [-0.3, -0.25) is 9.40 Å². The van der Waals surface area contributed by atoms with E-state index in [2.05, 4.69) is 9.82 Å². The van der Waals surface area contributed by atoms with Gasteiger partial charge >= 0.3 is 0 Å². The van der Waals surface area contributed by atoms with Crippen LogP contribution < -0.4 is 14.2 Å². The maximum atomic E-state index is 12.9. The van der Waals surface area contributed by atoms with Crippen molar-refractivity contribution in [3.63, 3.8) is 0 Å². The summed E-state index contributed by atoms with van der Waals surface area (Å²) in [6.45, 7) is 0. The Morgan fingerprint density at radius 1 is 1.00 bits per heavy atom. The molecule has 8 heteroatoms. The zero-order valence-corrected chi connectivity index (χ0v) is 17.6. The highest BCUT2D eigenvalue weighted by molar-refractivity contribution is 7.92. The molecule has 4 saturated carbocycles. The number of rotatable bonds is 6. The van der Waals surface area contributed by atoms with E-state index >= 15 is 0 Å². The molecule has 1 aromatic carbocycles. The highest BCUT2D eigenvalue weighted by Gasteiger charge is 2.52. The SMILES string of the molecule is COc1ccc(S(=O)(=O)Nc2ccn(C34CC5CC(CC(C5)C3)C4)n2)cc1OC. The van der Waals surface area contributed by atoms with E-state index in [-0.39, 0.29) is 10.4 Å². The van der Waals surface area contributed by atoms with Crippen LogP contribution in [0.25, 0.3) is 0 Å². The van der Waals surface area contributed by atoms with Gasteiger partial charge in [0.05, 0.1) is 24.7 Å². The predicted octanol–water partition coefficient (Wildman–Crippen LogP) is 3.63. The van der Waals surface area contributed by atoms with Gasteiger partial charge in [-0.25, -0.2) is 8.42 Å². The average molecular weight is 418 g/mol. The second-order valence-electron chi connectivity index (χ2n) is 8.91. The molecular weight excluding hydrogens is 390 g/mol. The molecule has 0 atom stereocenters. The number of hydrogen-bond donors (Lipinski definition) is 1. The molecule has 4 fully saturated rings. The third-order valence-electron chi connectivity index (χ3n) is 6.99. The second-order valence-corrected chi connectivity index (χ2v) is 10.6. The van der Waals surface area contributed by atoms with E-state index in [1.807, 2.05) is 10.9 Å². The molecule has 0 saturated heterocycles. The Morgan fingerprint density at radius 2 is 1.62 bits per heavy atom. The van der Waals surface area contributed by atoms with E-state index < -0.39 is 10.0 Å². The second kappa shape index (κ2) is 6.65. The van der Waals surface area contributed by atoms with E-state index in [1.54, 1.807) is 12.1 Å². The molecule has 4 aliphatic carbocycles. The summed E-state index contributed by atoms with van der Waals surface area (Å²) in [4.78, 5) is 0.111. The summed E-state index contributed by atoms with van der Waals surface area (Å²) < 4.78 is 40.8. The lowest BCUT2D eigenvalue weighted by atomic mass is 9.53. The van der Waals surface area contributed by atoms with E-state index in [0.29, 0.717) is 17.3 Å². The Balaban J connectivity index is 1.39. The zero-order chi connectivity index (χ0) is 20.2. The first-order chi connectivity index (χ1) is 13.9. The number of nitrogens with one attached hydrogen (secondary N) is 1. The Labute approximate surface area is 171 Å². The first-order valence-electron chi connectivity index (χ1n) is 10.2. The standard InChI is InChI=1S/C21H27N3O4S/c1-27-18-4-3-17(10-19(18)28-2)29(25,26)23-20-5-6-24(22-20)21-11-14-7-15(12-21)9-16(8-14)13-21/h3-6,10,14-16H,7-9,11-13H2,1-2H3,(H,22,23). The largest absolute Gasteiger partial charge is 0.493 e. The molecule has 0 unspecified atom stereocenters. The van der Waals surface area contributed by atoms with Crippen molar-refractivity contribution in [2.75, 3.05) is 18.9 Å². The first-order valence-corrected chi connectivity index (χ1v) is 11.7. The minimum atomic E-state index is -3.77. The monoisotopic (exact) mass is 417 g/mol. The molecule has 2 aromatic rings. The number of sulfonamides is 1. The molecule has 7 nitrogen and oxygen atoms in total. The summed E-state index contributed by atoms with van der Waals surface area (Å²) in [5.74, 6) is 3.62. The van der Waals surface area contributed by atoms with Gasteiger partial charge in [0.1, 0.15) is 0 Å². The first kappa shape index (κ1) is 18.8. The lowest BCUT2D eigenvalue weighted by Gasteiger charge is -2.56. The van der Waals surface area contributed by atoms with Crippen molar-refractivity contribution in [3.8, 4) is 11.5 Å². The highest BCUT2D eigenvalue weighted by Crippen LogP contribution is 2.58. The van der Waals surface area contributed by atoms with Gasteiger partial charge in [0.25, 0.3) is 10.0 Å². The van der Waals surface area contributed by atoms with E-state index in [9.17, 15) is 8.42 Å². The molecule has 0 aliphatic heterocycles.